The lowest BCUT2D eigenvalue weighted by Crippen LogP contribution is -2.19. The maximum absolute atomic E-state index is 12.1. The predicted octanol–water partition coefficient (Wildman–Crippen LogP) is 2.45. The number of carbonyl (C=O) groups is 2. The number of aromatic nitrogens is 2. The zero-order chi connectivity index (χ0) is 18.5. The largest absolute Gasteiger partial charge is 0.326 e. The van der Waals surface area contributed by atoms with Crippen LogP contribution in [-0.2, 0) is 16.0 Å². The van der Waals surface area contributed by atoms with Crippen molar-refractivity contribution in [2.45, 2.75) is 19.8 Å². The number of amides is 2. The fourth-order valence-electron chi connectivity index (χ4n) is 2.53. The van der Waals surface area contributed by atoms with E-state index in [2.05, 4.69) is 20.6 Å². The summed E-state index contributed by atoms with van der Waals surface area (Å²) in [6.45, 7) is 1.43. The second-order valence-corrected chi connectivity index (χ2v) is 5.84. The number of para-hydroxylation sites is 2. The number of carbonyl (C=O) groups excluding carboxylic acids is 2. The second-order valence-electron chi connectivity index (χ2n) is 5.84. The lowest BCUT2D eigenvalue weighted by atomic mass is 10.2. The minimum Gasteiger partial charge on any atom is -0.326 e. The average Bonchev–Trinajstić information content (AvgIpc) is 2.61. The van der Waals surface area contributed by atoms with Gasteiger partial charge in [-0.05, 0) is 36.4 Å². The van der Waals surface area contributed by atoms with Crippen molar-refractivity contribution in [1.29, 1.82) is 0 Å². The number of hydrogen-bond donors (Lipinski definition) is 3. The molecule has 1 aromatic heterocycles. The molecule has 0 aliphatic rings. The van der Waals surface area contributed by atoms with Crippen molar-refractivity contribution in [1.82, 2.24) is 9.97 Å². The Morgan fingerprint density at radius 1 is 1.00 bits per heavy atom. The van der Waals surface area contributed by atoms with E-state index in [9.17, 15) is 14.4 Å². The van der Waals surface area contributed by atoms with Crippen molar-refractivity contribution >= 4 is 34.2 Å². The third kappa shape index (κ3) is 4.32. The molecule has 0 atom stereocenters. The Balaban J connectivity index is 1.61. The van der Waals surface area contributed by atoms with Gasteiger partial charge in [0.25, 0.3) is 5.56 Å². The number of anilines is 2. The van der Waals surface area contributed by atoms with E-state index >= 15 is 0 Å². The van der Waals surface area contributed by atoms with Crippen LogP contribution in [0.1, 0.15) is 19.0 Å². The Labute approximate surface area is 149 Å². The van der Waals surface area contributed by atoms with Gasteiger partial charge in [0.1, 0.15) is 5.69 Å². The minimum atomic E-state index is -0.281. The highest BCUT2D eigenvalue weighted by Gasteiger charge is 2.09. The summed E-state index contributed by atoms with van der Waals surface area (Å²) < 4.78 is 0. The molecule has 0 bridgehead atoms. The number of hydrogen-bond acceptors (Lipinski definition) is 4. The van der Waals surface area contributed by atoms with Gasteiger partial charge in [-0.3, -0.25) is 14.4 Å². The molecule has 2 aromatic carbocycles. The molecule has 0 fully saturated rings. The molecule has 7 heteroatoms. The van der Waals surface area contributed by atoms with Crippen LogP contribution in [0.15, 0.2) is 53.3 Å². The van der Waals surface area contributed by atoms with E-state index in [4.69, 9.17) is 0 Å². The van der Waals surface area contributed by atoms with E-state index < -0.39 is 0 Å². The quantitative estimate of drug-likeness (QED) is 0.657. The van der Waals surface area contributed by atoms with Crippen LogP contribution >= 0.6 is 0 Å². The molecule has 2 amide bonds. The van der Waals surface area contributed by atoms with E-state index in [1.807, 2.05) is 18.2 Å². The van der Waals surface area contributed by atoms with Crippen molar-refractivity contribution in [3.05, 3.63) is 64.6 Å². The van der Waals surface area contributed by atoms with Crippen LogP contribution in [0.4, 0.5) is 11.4 Å². The Kier molecular flexibility index (Phi) is 5.07. The molecule has 0 unspecified atom stereocenters. The van der Waals surface area contributed by atoms with E-state index in [0.29, 0.717) is 28.1 Å². The number of rotatable bonds is 5. The number of fused-ring (bicyclic) bond motifs is 1. The summed E-state index contributed by atoms with van der Waals surface area (Å²) in [5.74, 6) is -0.374. The summed E-state index contributed by atoms with van der Waals surface area (Å²) >= 11 is 0. The number of benzene rings is 2. The van der Waals surface area contributed by atoms with Crippen LogP contribution in [0, 0.1) is 0 Å². The summed E-state index contributed by atoms with van der Waals surface area (Å²) in [6, 6.07) is 14.1. The van der Waals surface area contributed by atoms with Crippen LogP contribution in [-0.4, -0.2) is 21.8 Å². The molecule has 132 valence electrons. The molecule has 1 heterocycles. The summed E-state index contributed by atoms with van der Waals surface area (Å²) in [7, 11) is 0. The zero-order valence-electron chi connectivity index (χ0n) is 14.2. The molecule has 3 aromatic rings. The van der Waals surface area contributed by atoms with Gasteiger partial charge < -0.3 is 15.6 Å². The monoisotopic (exact) mass is 350 g/mol. The lowest BCUT2D eigenvalue weighted by Gasteiger charge is -2.07. The summed E-state index contributed by atoms with van der Waals surface area (Å²) in [4.78, 5) is 42.2. The first-order valence-corrected chi connectivity index (χ1v) is 8.17. The zero-order valence-corrected chi connectivity index (χ0v) is 14.2. The lowest BCUT2D eigenvalue weighted by molar-refractivity contribution is -0.116. The second kappa shape index (κ2) is 7.60. The van der Waals surface area contributed by atoms with Gasteiger partial charge in [0, 0.05) is 31.1 Å². The molecule has 3 N–H and O–H groups in total. The van der Waals surface area contributed by atoms with Gasteiger partial charge >= 0.3 is 0 Å². The molecule has 0 saturated heterocycles. The summed E-state index contributed by atoms with van der Waals surface area (Å²) in [5.41, 5.74) is 2.68. The van der Waals surface area contributed by atoms with Crippen LogP contribution in [0.5, 0.6) is 0 Å². The van der Waals surface area contributed by atoms with Crippen LogP contribution in [0.2, 0.25) is 0 Å². The number of aryl methyl sites for hydroxylation is 1. The van der Waals surface area contributed by atoms with Crippen molar-refractivity contribution < 1.29 is 9.59 Å². The van der Waals surface area contributed by atoms with E-state index in [1.54, 1.807) is 30.3 Å². The van der Waals surface area contributed by atoms with E-state index in [-0.39, 0.29) is 30.2 Å². The summed E-state index contributed by atoms with van der Waals surface area (Å²) in [6.07, 6.45) is 0.387. The molecular weight excluding hydrogens is 332 g/mol. The van der Waals surface area contributed by atoms with Crippen LogP contribution in [0.25, 0.3) is 11.0 Å². The first-order chi connectivity index (χ1) is 12.5. The van der Waals surface area contributed by atoms with Crippen molar-refractivity contribution in [2.24, 2.45) is 0 Å². The first kappa shape index (κ1) is 17.3. The standard InChI is InChI=1S/C19H18N4O3/c1-12(24)20-13-6-8-14(9-7-13)21-18(25)11-10-17-19(26)23-16-5-3-2-4-15(16)22-17/h2-9H,10-11H2,1H3,(H,20,24)(H,21,25)(H,23,26). The molecule has 0 radical (unpaired) electrons. The first-order valence-electron chi connectivity index (χ1n) is 8.17. The van der Waals surface area contributed by atoms with E-state index in [0.717, 1.165) is 0 Å². The topological polar surface area (TPSA) is 104 Å². The van der Waals surface area contributed by atoms with Crippen molar-refractivity contribution in [3.63, 3.8) is 0 Å². The fourth-order valence-corrected chi connectivity index (χ4v) is 2.53. The van der Waals surface area contributed by atoms with Crippen molar-refractivity contribution in [3.8, 4) is 0 Å². The SMILES string of the molecule is CC(=O)Nc1ccc(NC(=O)CCc2nc3ccccc3[nH]c2=O)cc1. The highest BCUT2D eigenvalue weighted by atomic mass is 16.2. The molecule has 26 heavy (non-hydrogen) atoms. The van der Waals surface area contributed by atoms with Gasteiger partial charge in [0.15, 0.2) is 0 Å². The third-order valence-electron chi connectivity index (χ3n) is 3.75. The summed E-state index contributed by atoms with van der Waals surface area (Å²) in [5, 5.41) is 5.41. The van der Waals surface area contributed by atoms with Gasteiger partial charge in [-0.15, -0.1) is 0 Å². The molecule has 0 spiro atoms. The normalized spacial score (nSPS) is 10.5. The third-order valence-corrected chi connectivity index (χ3v) is 3.75. The van der Waals surface area contributed by atoms with Crippen molar-refractivity contribution in [2.75, 3.05) is 10.6 Å². The van der Waals surface area contributed by atoms with Gasteiger partial charge in [-0.1, -0.05) is 12.1 Å². The Bertz CT molecular complexity index is 1010. The maximum atomic E-state index is 12.1. The van der Waals surface area contributed by atoms with Crippen LogP contribution in [0.3, 0.4) is 0 Å². The van der Waals surface area contributed by atoms with Crippen LogP contribution < -0.4 is 16.2 Å². The fraction of sp³-hybridized carbons (Fsp3) is 0.158. The molecular formula is C19H18N4O3. The highest BCUT2D eigenvalue weighted by molar-refractivity contribution is 5.92. The average molecular weight is 350 g/mol. The van der Waals surface area contributed by atoms with Gasteiger partial charge in [-0.25, -0.2) is 4.98 Å². The Morgan fingerprint density at radius 3 is 2.35 bits per heavy atom. The molecule has 3 rings (SSSR count). The van der Waals surface area contributed by atoms with Gasteiger partial charge in [0.05, 0.1) is 11.0 Å². The molecule has 0 aliphatic heterocycles. The van der Waals surface area contributed by atoms with Gasteiger partial charge in [0.2, 0.25) is 11.8 Å². The number of nitrogens with one attached hydrogen (secondary N) is 3. The Hall–Kier alpha value is -3.48. The number of H-pyrrole nitrogens is 1. The Morgan fingerprint density at radius 2 is 1.65 bits per heavy atom. The minimum absolute atomic E-state index is 0.141. The molecule has 0 aliphatic carbocycles. The van der Waals surface area contributed by atoms with Gasteiger partial charge in [-0.2, -0.15) is 0 Å². The predicted molar refractivity (Wildman–Crippen MR) is 100 cm³/mol. The number of nitrogens with zero attached hydrogens (tertiary/aromatic N) is 1. The highest BCUT2D eigenvalue weighted by Crippen LogP contribution is 2.14. The maximum Gasteiger partial charge on any atom is 0.270 e. The molecule has 0 saturated carbocycles. The van der Waals surface area contributed by atoms with E-state index in [1.165, 1.54) is 6.92 Å². The molecule has 7 nitrogen and oxygen atoms in total. The number of aromatic amines is 1. The smallest absolute Gasteiger partial charge is 0.270 e.